The number of nitro benzene ring substituents is 1. The van der Waals surface area contributed by atoms with Crippen molar-refractivity contribution in [1.82, 2.24) is 5.32 Å². The number of hydrogen-bond donors (Lipinski definition) is 1. The fourth-order valence-corrected chi connectivity index (χ4v) is 1.38. The van der Waals surface area contributed by atoms with Gasteiger partial charge in [0.25, 0.3) is 0 Å². The van der Waals surface area contributed by atoms with Gasteiger partial charge in [-0.15, -0.1) is 0 Å². The lowest BCUT2D eigenvalue weighted by Gasteiger charge is -2.06. The third kappa shape index (κ3) is 3.88. The molecule has 0 saturated carbocycles. The Morgan fingerprint density at radius 2 is 2.29 bits per heavy atom. The van der Waals surface area contributed by atoms with E-state index in [0.29, 0.717) is 18.9 Å². The van der Waals surface area contributed by atoms with Gasteiger partial charge in [-0.1, -0.05) is 18.2 Å². The van der Waals surface area contributed by atoms with Crippen molar-refractivity contribution in [2.24, 2.45) is 0 Å². The Balaban J connectivity index is 2.91. The van der Waals surface area contributed by atoms with Crippen molar-refractivity contribution in [2.45, 2.75) is 13.5 Å². The minimum Gasteiger partial charge on any atom is -0.483 e. The molecule has 1 aromatic rings. The molecule has 0 saturated heterocycles. The SMILES string of the molecule is C/C=C/COc1ccc(CNC)cc1[N+](=O)[O-]. The molecule has 0 amide bonds. The van der Waals surface area contributed by atoms with Crippen LogP contribution in [0.4, 0.5) is 5.69 Å². The van der Waals surface area contributed by atoms with Crippen LogP contribution in [0.15, 0.2) is 30.4 Å². The van der Waals surface area contributed by atoms with E-state index in [4.69, 9.17) is 4.74 Å². The van der Waals surface area contributed by atoms with Gasteiger partial charge in [0.1, 0.15) is 6.61 Å². The molecule has 0 aromatic heterocycles. The average Bonchev–Trinajstić information content (AvgIpc) is 2.31. The van der Waals surface area contributed by atoms with Crippen molar-refractivity contribution in [3.05, 3.63) is 46.0 Å². The Bertz CT molecular complexity index is 416. The zero-order valence-corrected chi connectivity index (χ0v) is 9.97. The van der Waals surface area contributed by atoms with Gasteiger partial charge in [-0.3, -0.25) is 10.1 Å². The van der Waals surface area contributed by atoms with E-state index in [2.05, 4.69) is 5.32 Å². The van der Waals surface area contributed by atoms with Crippen LogP contribution in [0.2, 0.25) is 0 Å². The molecule has 1 aromatic carbocycles. The first kappa shape index (κ1) is 13.2. The maximum absolute atomic E-state index is 10.9. The molecule has 0 bridgehead atoms. The van der Waals surface area contributed by atoms with Crippen LogP contribution in [-0.4, -0.2) is 18.6 Å². The smallest absolute Gasteiger partial charge is 0.311 e. The third-order valence-electron chi connectivity index (χ3n) is 2.17. The van der Waals surface area contributed by atoms with Crippen LogP contribution in [0, 0.1) is 10.1 Å². The largest absolute Gasteiger partial charge is 0.483 e. The Labute approximate surface area is 100 Å². The van der Waals surface area contributed by atoms with Crippen LogP contribution in [-0.2, 0) is 6.54 Å². The maximum atomic E-state index is 10.9. The van der Waals surface area contributed by atoms with Gasteiger partial charge in [0.2, 0.25) is 0 Å². The highest BCUT2D eigenvalue weighted by atomic mass is 16.6. The highest BCUT2D eigenvalue weighted by Crippen LogP contribution is 2.27. The van der Waals surface area contributed by atoms with Gasteiger partial charge in [-0.05, 0) is 25.6 Å². The van der Waals surface area contributed by atoms with Gasteiger partial charge in [0.05, 0.1) is 4.92 Å². The molecular weight excluding hydrogens is 220 g/mol. The monoisotopic (exact) mass is 236 g/mol. The van der Waals surface area contributed by atoms with E-state index in [1.807, 2.05) is 19.1 Å². The molecule has 0 aliphatic rings. The summed E-state index contributed by atoms with van der Waals surface area (Å²) < 4.78 is 5.32. The molecule has 0 atom stereocenters. The first-order valence-electron chi connectivity index (χ1n) is 5.35. The molecule has 1 rings (SSSR count). The van der Waals surface area contributed by atoms with E-state index in [1.54, 1.807) is 19.2 Å². The van der Waals surface area contributed by atoms with Crippen molar-refractivity contribution >= 4 is 5.69 Å². The molecular formula is C12H16N2O3. The quantitative estimate of drug-likeness (QED) is 0.467. The highest BCUT2D eigenvalue weighted by Gasteiger charge is 2.15. The van der Waals surface area contributed by atoms with Gasteiger partial charge in [-0.2, -0.15) is 0 Å². The summed E-state index contributed by atoms with van der Waals surface area (Å²) in [6, 6.07) is 4.98. The Morgan fingerprint density at radius 1 is 1.53 bits per heavy atom. The molecule has 5 nitrogen and oxygen atoms in total. The predicted molar refractivity (Wildman–Crippen MR) is 66.2 cm³/mol. The summed E-state index contributed by atoms with van der Waals surface area (Å²) in [5.74, 6) is 0.299. The zero-order valence-electron chi connectivity index (χ0n) is 9.97. The minimum atomic E-state index is -0.426. The highest BCUT2D eigenvalue weighted by molar-refractivity contribution is 5.48. The van der Waals surface area contributed by atoms with Crippen LogP contribution in [0.1, 0.15) is 12.5 Å². The summed E-state index contributed by atoms with van der Waals surface area (Å²) >= 11 is 0. The standard InChI is InChI=1S/C12H16N2O3/c1-3-4-7-17-12-6-5-10(9-13-2)8-11(12)14(15)16/h3-6,8,13H,7,9H2,1-2H3/b4-3+. The second-order valence-corrected chi connectivity index (χ2v) is 3.47. The number of ether oxygens (including phenoxy) is 1. The molecule has 17 heavy (non-hydrogen) atoms. The van der Waals surface area contributed by atoms with Gasteiger partial charge >= 0.3 is 5.69 Å². The normalized spacial score (nSPS) is 10.7. The molecule has 0 spiro atoms. The van der Waals surface area contributed by atoms with Crippen molar-refractivity contribution in [1.29, 1.82) is 0 Å². The van der Waals surface area contributed by atoms with Crippen molar-refractivity contribution in [3.8, 4) is 5.75 Å². The van der Waals surface area contributed by atoms with Gasteiger partial charge < -0.3 is 10.1 Å². The molecule has 0 fully saturated rings. The molecule has 0 aliphatic heterocycles. The van der Waals surface area contributed by atoms with Gasteiger partial charge in [0, 0.05) is 12.6 Å². The van der Waals surface area contributed by atoms with Crippen molar-refractivity contribution in [2.75, 3.05) is 13.7 Å². The number of benzene rings is 1. The van der Waals surface area contributed by atoms with Crippen molar-refractivity contribution in [3.63, 3.8) is 0 Å². The summed E-state index contributed by atoms with van der Waals surface area (Å²) in [6.45, 7) is 2.80. The number of hydrogen-bond acceptors (Lipinski definition) is 4. The molecule has 0 unspecified atom stereocenters. The molecule has 0 aliphatic carbocycles. The first-order chi connectivity index (χ1) is 8.19. The number of allylic oxidation sites excluding steroid dienone is 1. The fourth-order valence-electron chi connectivity index (χ4n) is 1.38. The van der Waals surface area contributed by atoms with E-state index in [-0.39, 0.29) is 5.69 Å². The van der Waals surface area contributed by atoms with Crippen LogP contribution in [0.25, 0.3) is 0 Å². The Hall–Kier alpha value is -1.88. The molecule has 0 heterocycles. The third-order valence-corrected chi connectivity index (χ3v) is 2.17. The fraction of sp³-hybridized carbons (Fsp3) is 0.333. The van der Waals surface area contributed by atoms with E-state index in [1.165, 1.54) is 6.07 Å². The zero-order chi connectivity index (χ0) is 12.7. The number of nitrogens with one attached hydrogen (secondary N) is 1. The Morgan fingerprint density at radius 3 is 2.88 bits per heavy atom. The predicted octanol–water partition coefficient (Wildman–Crippen LogP) is 2.27. The van der Waals surface area contributed by atoms with Crippen molar-refractivity contribution < 1.29 is 9.66 Å². The van der Waals surface area contributed by atoms with Gasteiger partial charge in [-0.25, -0.2) is 0 Å². The topological polar surface area (TPSA) is 64.4 Å². The number of nitrogens with zero attached hydrogens (tertiary/aromatic N) is 1. The molecule has 0 radical (unpaired) electrons. The van der Waals surface area contributed by atoms with E-state index in [0.717, 1.165) is 5.56 Å². The average molecular weight is 236 g/mol. The lowest BCUT2D eigenvalue weighted by molar-refractivity contribution is -0.385. The van der Waals surface area contributed by atoms with Gasteiger partial charge in [0.15, 0.2) is 5.75 Å². The van der Waals surface area contributed by atoms with E-state index >= 15 is 0 Å². The summed E-state index contributed by atoms with van der Waals surface area (Å²) in [4.78, 5) is 10.5. The number of nitro groups is 1. The van der Waals surface area contributed by atoms with E-state index in [9.17, 15) is 10.1 Å². The maximum Gasteiger partial charge on any atom is 0.311 e. The molecule has 5 heteroatoms. The summed E-state index contributed by atoms with van der Waals surface area (Å²) in [7, 11) is 1.79. The summed E-state index contributed by atoms with van der Waals surface area (Å²) in [5.41, 5.74) is 0.861. The lowest BCUT2D eigenvalue weighted by atomic mass is 10.2. The minimum absolute atomic E-state index is 0.00209. The summed E-state index contributed by atoms with van der Waals surface area (Å²) in [6.07, 6.45) is 3.63. The Kier molecular flexibility index (Phi) is 5.16. The number of rotatable bonds is 6. The van der Waals surface area contributed by atoms with E-state index < -0.39 is 4.92 Å². The van der Waals surface area contributed by atoms with Crippen LogP contribution in [0.5, 0.6) is 5.75 Å². The lowest BCUT2D eigenvalue weighted by Crippen LogP contribution is -2.06. The van der Waals surface area contributed by atoms with Crippen LogP contribution >= 0.6 is 0 Å². The second kappa shape index (κ2) is 6.65. The second-order valence-electron chi connectivity index (χ2n) is 3.47. The summed E-state index contributed by atoms with van der Waals surface area (Å²) in [5, 5.41) is 13.8. The molecule has 1 N–H and O–H groups in total. The van der Waals surface area contributed by atoms with Crippen LogP contribution in [0.3, 0.4) is 0 Å². The molecule has 92 valence electrons. The first-order valence-corrected chi connectivity index (χ1v) is 5.35. The van der Waals surface area contributed by atoms with Crippen LogP contribution < -0.4 is 10.1 Å².